The van der Waals surface area contributed by atoms with Gasteiger partial charge in [-0.05, 0) is 57.2 Å². The fraction of sp³-hybridized carbons (Fsp3) is 0.579. The smallest absolute Gasteiger partial charge is 0.407 e. The molecule has 0 saturated carbocycles. The minimum atomic E-state index is -0.508. The predicted molar refractivity (Wildman–Crippen MR) is 93.8 cm³/mol. The fourth-order valence-electron chi connectivity index (χ4n) is 2.81. The van der Waals surface area contributed by atoms with Crippen molar-refractivity contribution in [1.29, 1.82) is 0 Å². The molecule has 1 aromatic carbocycles. The molecule has 0 radical (unpaired) electrons. The monoisotopic (exact) mass is 332 g/mol. The molecule has 1 N–H and O–H groups in total. The van der Waals surface area contributed by atoms with Gasteiger partial charge in [0.1, 0.15) is 5.60 Å². The standard InChI is InChI=1S/C19H28N2O3/c1-14-6-5-11-21(13-14)17(22)16-9-7-15(8-10-16)12-20-18(23)24-19(2,3)4/h7-10,14H,5-6,11-13H2,1-4H3,(H,20,23). The van der Waals surface area contributed by atoms with Gasteiger partial charge in [-0.25, -0.2) is 4.79 Å². The number of carbonyl (C=O) groups excluding carboxylic acids is 2. The number of nitrogens with one attached hydrogen (secondary N) is 1. The van der Waals surface area contributed by atoms with Crippen molar-refractivity contribution in [2.75, 3.05) is 13.1 Å². The quantitative estimate of drug-likeness (QED) is 0.920. The van der Waals surface area contributed by atoms with Crippen molar-refractivity contribution < 1.29 is 14.3 Å². The van der Waals surface area contributed by atoms with Crippen molar-refractivity contribution in [3.8, 4) is 0 Å². The van der Waals surface area contributed by atoms with Crippen LogP contribution in [0, 0.1) is 5.92 Å². The maximum atomic E-state index is 12.5. The number of alkyl carbamates (subject to hydrolysis) is 1. The van der Waals surface area contributed by atoms with Gasteiger partial charge in [-0.15, -0.1) is 0 Å². The van der Waals surface area contributed by atoms with Crippen LogP contribution in [0.1, 0.15) is 56.5 Å². The lowest BCUT2D eigenvalue weighted by molar-refractivity contribution is 0.0523. The summed E-state index contributed by atoms with van der Waals surface area (Å²) in [5, 5.41) is 2.72. The first kappa shape index (κ1) is 18.3. The van der Waals surface area contributed by atoms with Crippen LogP contribution in [-0.4, -0.2) is 35.6 Å². The van der Waals surface area contributed by atoms with Gasteiger partial charge in [-0.2, -0.15) is 0 Å². The normalized spacial score (nSPS) is 18.2. The van der Waals surface area contributed by atoms with Crippen LogP contribution in [0.25, 0.3) is 0 Å². The molecule has 1 unspecified atom stereocenters. The Hall–Kier alpha value is -2.04. The second-order valence-electron chi connectivity index (χ2n) is 7.55. The number of rotatable bonds is 3. The van der Waals surface area contributed by atoms with Gasteiger partial charge >= 0.3 is 6.09 Å². The molecular weight excluding hydrogens is 304 g/mol. The van der Waals surface area contributed by atoms with Crippen molar-refractivity contribution in [2.45, 2.75) is 52.7 Å². The summed E-state index contributed by atoms with van der Waals surface area (Å²) in [6.45, 7) is 9.72. The zero-order valence-corrected chi connectivity index (χ0v) is 15.1. The van der Waals surface area contributed by atoms with Gasteiger partial charge in [0.15, 0.2) is 0 Å². The Balaban J connectivity index is 1.88. The summed E-state index contributed by atoms with van der Waals surface area (Å²) in [5.41, 5.74) is 1.13. The highest BCUT2D eigenvalue weighted by Crippen LogP contribution is 2.18. The third-order valence-corrected chi connectivity index (χ3v) is 3.98. The van der Waals surface area contributed by atoms with Crippen molar-refractivity contribution in [1.82, 2.24) is 10.2 Å². The number of nitrogens with zero attached hydrogens (tertiary/aromatic N) is 1. The summed E-state index contributed by atoms with van der Waals surface area (Å²) in [7, 11) is 0. The van der Waals surface area contributed by atoms with Crippen LogP contribution in [0.5, 0.6) is 0 Å². The summed E-state index contributed by atoms with van der Waals surface area (Å²) in [6.07, 6.45) is 1.83. The summed E-state index contributed by atoms with van der Waals surface area (Å²) in [6, 6.07) is 7.40. The van der Waals surface area contributed by atoms with E-state index < -0.39 is 11.7 Å². The van der Waals surface area contributed by atoms with E-state index in [9.17, 15) is 9.59 Å². The summed E-state index contributed by atoms with van der Waals surface area (Å²) in [5.74, 6) is 0.660. The molecule has 24 heavy (non-hydrogen) atoms. The molecule has 1 aliphatic heterocycles. The summed E-state index contributed by atoms with van der Waals surface area (Å²) in [4.78, 5) is 26.1. The van der Waals surface area contributed by atoms with Crippen molar-refractivity contribution in [3.05, 3.63) is 35.4 Å². The molecule has 5 nitrogen and oxygen atoms in total. The van der Waals surface area contributed by atoms with Gasteiger partial charge in [0, 0.05) is 25.2 Å². The first-order chi connectivity index (χ1) is 11.2. The van der Waals surface area contributed by atoms with Crippen molar-refractivity contribution in [3.63, 3.8) is 0 Å². The molecule has 1 saturated heterocycles. The average Bonchev–Trinajstić information content (AvgIpc) is 2.51. The van der Waals surface area contributed by atoms with Crippen molar-refractivity contribution in [2.24, 2.45) is 5.92 Å². The molecule has 0 bridgehead atoms. The maximum absolute atomic E-state index is 12.5. The molecular formula is C19H28N2O3. The zero-order chi connectivity index (χ0) is 17.7. The Labute approximate surface area is 144 Å². The van der Waals surface area contributed by atoms with E-state index in [1.807, 2.05) is 49.9 Å². The zero-order valence-electron chi connectivity index (χ0n) is 15.1. The Kier molecular flexibility index (Phi) is 5.86. The maximum Gasteiger partial charge on any atom is 0.407 e. The SMILES string of the molecule is CC1CCCN(C(=O)c2ccc(CNC(=O)OC(C)(C)C)cc2)C1. The van der Waals surface area contributed by atoms with Crippen LogP contribution in [0.3, 0.4) is 0 Å². The number of carbonyl (C=O) groups is 2. The largest absolute Gasteiger partial charge is 0.444 e. The first-order valence-electron chi connectivity index (χ1n) is 8.59. The molecule has 5 heteroatoms. The van der Waals surface area contributed by atoms with Gasteiger partial charge in [0.25, 0.3) is 5.91 Å². The van der Waals surface area contributed by atoms with Crippen LogP contribution >= 0.6 is 0 Å². The Bertz CT molecular complexity index is 575. The number of likely N-dealkylation sites (tertiary alicyclic amines) is 1. The van der Waals surface area contributed by atoms with E-state index in [-0.39, 0.29) is 5.91 Å². The highest BCUT2D eigenvalue weighted by Gasteiger charge is 2.22. The first-order valence-corrected chi connectivity index (χ1v) is 8.59. The van der Waals surface area contributed by atoms with E-state index in [0.29, 0.717) is 18.0 Å². The Morgan fingerprint density at radius 1 is 1.25 bits per heavy atom. The molecule has 132 valence electrons. The van der Waals surface area contributed by atoms with Gasteiger partial charge in [-0.1, -0.05) is 19.1 Å². The van der Waals surface area contributed by atoms with Crippen LogP contribution < -0.4 is 5.32 Å². The third kappa shape index (κ3) is 5.55. The van der Waals surface area contributed by atoms with E-state index >= 15 is 0 Å². The van der Waals surface area contributed by atoms with Gasteiger partial charge < -0.3 is 15.0 Å². The lowest BCUT2D eigenvalue weighted by atomic mass is 9.99. The molecule has 0 aromatic heterocycles. The molecule has 1 fully saturated rings. The minimum absolute atomic E-state index is 0.0909. The van der Waals surface area contributed by atoms with E-state index in [0.717, 1.165) is 25.1 Å². The fourth-order valence-corrected chi connectivity index (χ4v) is 2.81. The topological polar surface area (TPSA) is 58.6 Å². The highest BCUT2D eigenvalue weighted by molar-refractivity contribution is 5.94. The minimum Gasteiger partial charge on any atom is -0.444 e. The predicted octanol–water partition coefficient (Wildman–Crippen LogP) is 3.58. The van der Waals surface area contributed by atoms with Gasteiger partial charge in [-0.3, -0.25) is 4.79 Å². The van der Waals surface area contributed by atoms with E-state index in [1.54, 1.807) is 0 Å². The lowest BCUT2D eigenvalue weighted by Crippen LogP contribution is -2.39. The molecule has 1 aromatic rings. The average molecular weight is 332 g/mol. The molecule has 0 aliphatic carbocycles. The van der Waals surface area contributed by atoms with Crippen LogP contribution in [0.4, 0.5) is 4.79 Å². The molecule has 1 atom stereocenters. The molecule has 0 spiro atoms. The van der Waals surface area contributed by atoms with Gasteiger partial charge in [0.2, 0.25) is 0 Å². The van der Waals surface area contributed by atoms with Crippen LogP contribution in [0.15, 0.2) is 24.3 Å². The second kappa shape index (κ2) is 7.69. The lowest BCUT2D eigenvalue weighted by Gasteiger charge is -2.31. The van der Waals surface area contributed by atoms with E-state index in [2.05, 4.69) is 12.2 Å². The number of hydrogen-bond acceptors (Lipinski definition) is 3. The Morgan fingerprint density at radius 3 is 2.50 bits per heavy atom. The number of amides is 2. The number of ether oxygens (including phenoxy) is 1. The second-order valence-corrected chi connectivity index (χ2v) is 7.55. The summed E-state index contributed by atoms with van der Waals surface area (Å²) >= 11 is 0. The molecule has 2 amide bonds. The van der Waals surface area contributed by atoms with E-state index in [1.165, 1.54) is 6.42 Å². The van der Waals surface area contributed by atoms with Gasteiger partial charge in [0.05, 0.1) is 0 Å². The third-order valence-electron chi connectivity index (χ3n) is 3.98. The van der Waals surface area contributed by atoms with E-state index in [4.69, 9.17) is 4.74 Å². The Morgan fingerprint density at radius 2 is 1.92 bits per heavy atom. The molecule has 1 aliphatic rings. The van der Waals surface area contributed by atoms with Crippen molar-refractivity contribution >= 4 is 12.0 Å². The number of piperidine rings is 1. The molecule has 1 heterocycles. The highest BCUT2D eigenvalue weighted by atomic mass is 16.6. The van der Waals surface area contributed by atoms with Crippen LogP contribution in [0.2, 0.25) is 0 Å². The number of hydrogen-bond donors (Lipinski definition) is 1. The van der Waals surface area contributed by atoms with Crippen LogP contribution in [-0.2, 0) is 11.3 Å². The number of benzene rings is 1. The molecule has 2 rings (SSSR count). The summed E-state index contributed by atoms with van der Waals surface area (Å²) < 4.78 is 5.20.